The highest BCUT2D eigenvalue weighted by molar-refractivity contribution is 5.81. The van der Waals surface area contributed by atoms with Crippen molar-refractivity contribution in [1.82, 2.24) is 0 Å². The van der Waals surface area contributed by atoms with Gasteiger partial charge in [0.2, 0.25) is 0 Å². The van der Waals surface area contributed by atoms with E-state index in [9.17, 15) is 0 Å². The minimum absolute atomic E-state index is 0.988. The van der Waals surface area contributed by atoms with Crippen molar-refractivity contribution in [3.8, 4) is 0 Å². The van der Waals surface area contributed by atoms with Gasteiger partial charge in [-0.2, -0.15) is 0 Å². The van der Waals surface area contributed by atoms with E-state index in [1.807, 2.05) is 52.8 Å². The van der Waals surface area contributed by atoms with Gasteiger partial charge in [-0.05, 0) is 25.5 Å². The van der Waals surface area contributed by atoms with E-state index < -0.39 is 0 Å². The molecule has 0 radical (unpaired) electrons. The fourth-order valence-corrected chi connectivity index (χ4v) is 1.30. The number of fused-ring (bicyclic) bond motifs is 1. The summed E-state index contributed by atoms with van der Waals surface area (Å²) in [6.45, 7) is 12.1. The first-order valence-electron chi connectivity index (χ1n) is 5.74. The average molecular weight is 206 g/mol. The number of rotatable bonds is 0. The number of furan rings is 1. The molecule has 15 heavy (non-hydrogen) atoms. The molecule has 0 aliphatic heterocycles. The molecule has 0 bridgehead atoms. The van der Waals surface area contributed by atoms with Crippen LogP contribution in [0.2, 0.25) is 0 Å². The van der Waals surface area contributed by atoms with Gasteiger partial charge in [-0.1, -0.05) is 45.9 Å². The molecule has 2 aromatic rings. The summed E-state index contributed by atoms with van der Waals surface area (Å²) in [4.78, 5) is 0. The lowest BCUT2D eigenvalue weighted by Crippen LogP contribution is -1.68. The Bertz CT molecular complexity index is 385. The first kappa shape index (κ1) is 13.8. The predicted octanol–water partition coefficient (Wildman–Crippen LogP) is 5.10. The quantitative estimate of drug-likeness (QED) is 0.584. The topological polar surface area (TPSA) is 13.1 Å². The fraction of sp³-hybridized carbons (Fsp3) is 0.429. The number of aryl methyl sites for hydroxylation is 2. The molecular weight excluding hydrogens is 184 g/mol. The fourth-order valence-electron chi connectivity index (χ4n) is 1.30. The number of hydrogen-bond donors (Lipinski definition) is 0. The van der Waals surface area contributed by atoms with Gasteiger partial charge in [0.25, 0.3) is 0 Å². The predicted molar refractivity (Wildman–Crippen MR) is 68.4 cm³/mol. The highest BCUT2D eigenvalue weighted by atomic mass is 16.3. The second kappa shape index (κ2) is 7.10. The highest BCUT2D eigenvalue weighted by Gasteiger charge is 2.03. The highest BCUT2D eigenvalue weighted by Crippen LogP contribution is 2.23. The SMILES string of the molecule is CC.CC.Cc1oc2ccccc2c1C. The zero-order valence-corrected chi connectivity index (χ0v) is 10.7. The van der Waals surface area contributed by atoms with Crippen LogP contribution in [0.3, 0.4) is 0 Å². The summed E-state index contributed by atoms with van der Waals surface area (Å²) >= 11 is 0. The van der Waals surface area contributed by atoms with Crippen LogP contribution in [0.25, 0.3) is 11.0 Å². The van der Waals surface area contributed by atoms with E-state index in [0.717, 1.165) is 11.3 Å². The molecule has 1 heterocycles. The van der Waals surface area contributed by atoms with Gasteiger partial charge in [0.15, 0.2) is 0 Å². The van der Waals surface area contributed by atoms with Gasteiger partial charge < -0.3 is 4.42 Å². The first-order valence-corrected chi connectivity index (χ1v) is 5.74. The molecule has 0 fully saturated rings. The molecule has 1 heteroatoms. The average Bonchev–Trinajstić information content (AvgIpc) is 2.61. The van der Waals surface area contributed by atoms with Crippen LogP contribution < -0.4 is 0 Å². The first-order chi connectivity index (χ1) is 7.29. The van der Waals surface area contributed by atoms with Gasteiger partial charge in [-0.15, -0.1) is 0 Å². The van der Waals surface area contributed by atoms with E-state index in [-0.39, 0.29) is 0 Å². The minimum atomic E-state index is 0.988. The second-order valence-corrected chi connectivity index (χ2v) is 2.78. The summed E-state index contributed by atoms with van der Waals surface area (Å²) in [6, 6.07) is 8.10. The molecule has 0 atom stereocenters. The molecule has 0 aliphatic carbocycles. The van der Waals surface area contributed by atoms with Crippen molar-refractivity contribution >= 4 is 11.0 Å². The third-order valence-electron chi connectivity index (χ3n) is 2.08. The molecule has 2 rings (SSSR count). The van der Waals surface area contributed by atoms with Crippen molar-refractivity contribution in [2.75, 3.05) is 0 Å². The molecule has 0 spiro atoms. The summed E-state index contributed by atoms with van der Waals surface area (Å²) in [5.74, 6) is 1.02. The third kappa shape index (κ3) is 3.12. The Balaban J connectivity index is 0.000000442. The lowest BCUT2D eigenvalue weighted by atomic mass is 10.2. The normalized spacial score (nSPS) is 8.67. The number of hydrogen-bond acceptors (Lipinski definition) is 1. The van der Waals surface area contributed by atoms with Gasteiger partial charge in [0.05, 0.1) is 0 Å². The van der Waals surface area contributed by atoms with Crippen molar-refractivity contribution in [2.24, 2.45) is 0 Å². The molecule has 0 aliphatic rings. The largest absolute Gasteiger partial charge is 0.461 e. The summed E-state index contributed by atoms with van der Waals surface area (Å²) in [7, 11) is 0. The number of benzene rings is 1. The van der Waals surface area contributed by atoms with Gasteiger partial charge in [-0.3, -0.25) is 0 Å². The molecule has 1 nitrogen and oxygen atoms in total. The van der Waals surface area contributed by atoms with Gasteiger partial charge in [-0.25, -0.2) is 0 Å². The third-order valence-corrected chi connectivity index (χ3v) is 2.08. The minimum Gasteiger partial charge on any atom is -0.461 e. The Morgan fingerprint density at radius 1 is 0.867 bits per heavy atom. The van der Waals surface area contributed by atoms with E-state index in [0.29, 0.717) is 0 Å². The molecule has 0 saturated carbocycles. The van der Waals surface area contributed by atoms with Crippen LogP contribution in [0.15, 0.2) is 28.7 Å². The van der Waals surface area contributed by atoms with Crippen molar-refractivity contribution in [2.45, 2.75) is 41.5 Å². The van der Waals surface area contributed by atoms with E-state index in [2.05, 4.69) is 13.0 Å². The standard InChI is InChI=1S/C10H10O.2C2H6/c1-7-8(2)11-10-6-4-3-5-9(7)10;2*1-2/h3-6H,1-2H3;2*1-2H3. The van der Waals surface area contributed by atoms with Crippen LogP contribution in [-0.4, -0.2) is 0 Å². The van der Waals surface area contributed by atoms with Crippen LogP contribution in [-0.2, 0) is 0 Å². The van der Waals surface area contributed by atoms with Crippen LogP contribution >= 0.6 is 0 Å². The van der Waals surface area contributed by atoms with Crippen LogP contribution in [0, 0.1) is 13.8 Å². The zero-order chi connectivity index (χ0) is 11.8. The van der Waals surface area contributed by atoms with Gasteiger partial charge >= 0.3 is 0 Å². The molecular formula is C14H22O. The maximum absolute atomic E-state index is 5.50. The Hall–Kier alpha value is -1.24. The lowest BCUT2D eigenvalue weighted by Gasteiger charge is -1.85. The molecule has 1 aromatic carbocycles. The molecule has 0 N–H and O–H groups in total. The van der Waals surface area contributed by atoms with Crippen LogP contribution in [0.4, 0.5) is 0 Å². The number of para-hydroxylation sites is 1. The summed E-state index contributed by atoms with van der Waals surface area (Å²) in [5.41, 5.74) is 2.24. The smallest absolute Gasteiger partial charge is 0.134 e. The van der Waals surface area contributed by atoms with E-state index in [4.69, 9.17) is 4.42 Å². The zero-order valence-electron chi connectivity index (χ0n) is 10.7. The Kier molecular flexibility index (Phi) is 6.52. The molecule has 84 valence electrons. The van der Waals surface area contributed by atoms with E-state index >= 15 is 0 Å². The van der Waals surface area contributed by atoms with Crippen molar-refractivity contribution in [3.05, 3.63) is 35.6 Å². The molecule has 0 unspecified atom stereocenters. The monoisotopic (exact) mass is 206 g/mol. The molecule has 1 aromatic heterocycles. The van der Waals surface area contributed by atoms with Crippen LogP contribution in [0.1, 0.15) is 39.0 Å². The summed E-state index contributed by atoms with van der Waals surface area (Å²) in [6.07, 6.45) is 0. The summed E-state index contributed by atoms with van der Waals surface area (Å²) in [5, 5.41) is 1.23. The van der Waals surface area contributed by atoms with Crippen molar-refractivity contribution < 1.29 is 4.42 Å². The van der Waals surface area contributed by atoms with Crippen molar-refractivity contribution in [1.29, 1.82) is 0 Å². The van der Waals surface area contributed by atoms with Crippen LogP contribution in [0.5, 0.6) is 0 Å². The van der Waals surface area contributed by atoms with E-state index in [1.54, 1.807) is 0 Å². The maximum Gasteiger partial charge on any atom is 0.134 e. The molecule has 0 saturated heterocycles. The van der Waals surface area contributed by atoms with Gasteiger partial charge in [0, 0.05) is 5.39 Å². The summed E-state index contributed by atoms with van der Waals surface area (Å²) < 4.78 is 5.50. The van der Waals surface area contributed by atoms with E-state index in [1.165, 1.54) is 10.9 Å². The Morgan fingerprint density at radius 3 is 1.93 bits per heavy atom. The van der Waals surface area contributed by atoms with Crippen molar-refractivity contribution in [3.63, 3.8) is 0 Å². The molecule has 0 amide bonds. The second-order valence-electron chi connectivity index (χ2n) is 2.78. The lowest BCUT2D eigenvalue weighted by molar-refractivity contribution is 0.575. The Morgan fingerprint density at radius 2 is 1.40 bits per heavy atom. The van der Waals surface area contributed by atoms with Gasteiger partial charge in [0.1, 0.15) is 11.3 Å². The maximum atomic E-state index is 5.50. The Labute approximate surface area is 93.1 Å².